The third-order valence-electron chi connectivity index (χ3n) is 2.57. The Labute approximate surface area is 110 Å². The molecule has 0 aliphatic heterocycles. The molecule has 19 heavy (non-hydrogen) atoms. The molecule has 1 fully saturated rings. The minimum absolute atomic E-state index is 0.0495. The Morgan fingerprint density at radius 3 is 2.63 bits per heavy atom. The van der Waals surface area contributed by atoms with Crippen molar-refractivity contribution in [2.45, 2.75) is 23.8 Å². The number of carbonyl (C=O) groups is 1. The average molecular weight is 280 g/mol. The van der Waals surface area contributed by atoms with E-state index in [0.29, 0.717) is 0 Å². The molecule has 1 saturated carbocycles. The van der Waals surface area contributed by atoms with Gasteiger partial charge in [-0.15, -0.1) is 0 Å². The van der Waals surface area contributed by atoms with Crippen LogP contribution in [0.4, 0.5) is 10.5 Å². The summed E-state index contributed by atoms with van der Waals surface area (Å²) < 4.78 is 25.7. The number of amides is 2. The number of sulfonamides is 1. The fraction of sp³-hybridized carbons (Fsp3) is 0.273. The van der Waals surface area contributed by atoms with E-state index in [-0.39, 0.29) is 22.2 Å². The Bertz CT molecular complexity index is 659. The zero-order chi connectivity index (χ0) is 14.0. The van der Waals surface area contributed by atoms with E-state index in [4.69, 9.17) is 11.0 Å². The second-order valence-electron chi connectivity index (χ2n) is 4.22. The van der Waals surface area contributed by atoms with Gasteiger partial charge in [-0.3, -0.25) is 0 Å². The summed E-state index contributed by atoms with van der Waals surface area (Å²) in [7, 11) is -4.03. The maximum atomic E-state index is 11.9. The van der Waals surface area contributed by atoms with Crippen LogP contribution < -0.4 is 15.8 Å². The first kappa shape index (κ1) is 13.2. The summed E-state index contributed by atoms with van der Waals surface area (Å²) in [5, 5.41) is 11.2. The van der Waals surface area contributed by atoms with Gasteiger partial charge in [0.15, 0.2) is 0 Å². The van der Waals surface area contributed by atoms with Gasteiger partial charge < -0.3 is 11.1 Å². The van der Waals surface area contributed by atoms with Crippen molar-refractivity contribution < 1.29 is 13.2 Å². The van der Waals surface area contributed by atoms with Crippen LogP contribution in [0, 0.1) is 11.3 Å². The molecule has 0 unspecified atom stereocenters. The van der Waals surface area contributed by atoms with Gasteiger partial charge in [-0.1, -0.05) is 0 Å². The highest BCUT2D eigenvalue weighted by molar-refractivity contribution is 7.90. The minimum atomic E-state index is -4.03. The van der Waals surface area contributed by atoms with E-state index in [2.05, 4.69) is 5.32 Å². The number of hydrogen-bond donors (Lipinski definition) is 3. The fourth-order valence-corrected chi connectivity index (χ4v) is 2.51. The number of urea groups is 1. The van der Waals surface area contributed by atoms with Crippen molar-refractivity contribution in [2.24, 2.45) is 0 Å². The number of nitrogens with two attached hydrogens (primary N) is 1. The predicted octanol–water partition coefficient (Wildman–Crippen LogP) is 0.291. The lowest BCUT2D eigenvalue weighted by molar-refractivity contribution is 0.245. The number of hydrogen-bond acceptors (Lipinski definition) is 5. The molecule has 0 spiro atoms. The van der Waals surface area contributed by atoms with Gasteiger partial charge in [-0.25, -0.2) is 17.9 Å². The summed E-state index contributed by atoms with van der Waals surface area (Å²) in [6.07, 6.45) is 1.71. The van der Waals surface area contributed by atoms with Crippen LogP contribution >= 0.6 is 0 Å². The van der Waals surface area contributed by atoms with E-state index in [1.807, 2.05) is 10.8 Å². The Balaban J connectivity index is 2.19. The van der Waals surface area contributed by atoms with Crippen molar-refractivity contribution >= 4 is 21.7 Å². The lowest BCUT2D eigenvalue weighted by Gasteiger charge is -2.09. The first-order valence-corrected chi connectivity index (χ1v) is 7.03. The fourth-order valence-electron chi connectivity index (χ4n) is 1.48. The van der Waals surface area contributed by atoms with Crippen molar-refractivity contribution in [3.63, 3.8) is 0 Å². The number of nitrogens with zero attached hydrogens (tertiary/aromatic N) is 1. The lowest BCUT2D eigenvalue weighted by atomic mass is 10.2. The summed E-state index contributed by atoms with van der Waals surface area (Å²) in [6, 6.07) is 4.89. The normalized spacial score (nSPS) is 14.5. The molecule has 1 aliphatic carbocycles. The smallest absolute Gasteiger partial charge is 0.328 e. The largest absolute Gasteiger partial charge is 0.398 e. The summed E-state index contributed by atoms with van der Waals surface area (Å²) >= 11 is 0. The molecule has 4 N–H and O–H groups in total. The van der Waals surface area contributed by atoms with Gasteiger partial charge in [0.25, 0.3) is 10.0 Å². The van der Waals surface area contributed by atoms with Crippen molar-refractivity contribution in [2.75, 3.05) is 5.73 Å². The number of carbonyl (C=O) groups excluding carboxylic acids is 1. The molecular weight excluding hydrogens is 268 g/mol. The number of nitrogens with one attached hydrogen (secondary N) is 2. The van der Waals surface area contributed by atoms with Crippen molar-refractivity contribution in [1.82, 2.24) is 10.0 Å². The molecule has 0 radical (unpaired) electrons. The number of nitriles is 1. The maximum Gasteiger partial charge on any atom is 0.328 e. The first-order chi connectivity index (χ1) is 8.92. The summed E-state index contributed by atoms with van der Waals surface area (Å²) in [5.74, 6) is 0. The Kier molecular flexibility index (Phi) is 3.31. The standard InChI is InChI=1S/C11H12N4O3S/c12-6-7-1-4-10(9(13)5-7)19(17,18)15-11(16)14-8-2-3-8/h1,4-5,8H,2-3,13H2,(H2,14,15,16). The van der Waals surface area contributed by atoms with E-state index in [1.54, 1.807) is 0 Å². The van der Waals surface area contributed by atoms with Gasteiger partial charge in [-0.05, 0) is 31.0 Å². The van der Waals surface area contributed by atoms with Gasteiger partial charge in [0.05, 0.1) is 17.3 Å². The number of rotatable bonds is 3. The topological polar surface area (TPSA) is 125 Å². The van der Waals surface area contributed by atoms with Crippen molar-refractivity contribution in [3.8, 4) is 6.07 Å². The van der Waals surface area contributed by atoms with E-state index < -0.39 is 16.1 Å². The lowest BCUT2D eigenvalue weighted by Crippen LogP contribution is -2.40. The summed E-state index contributed by atoms with van der Waals surface area (Å²) in [4.78, 5) is 11.2. The van der Waals surface area contributed by atoms with Crippen LogP contribution in [0.2, 0.25) is 0 Å². The molecule has 7 nitrogen and oxygen atoms in total. The molecule has 0 saturated heterocycles. The Morgan fingerprint density at radius 1 is 1.42 bits per heavy atom. The average Bonchev–Trinajstić information content (AvgIpc) is 3.11. The highest BCUT2D eigenvalue weighted by Crippen LogP contribution is 2.20. The van der Waals surface area contributed by atoms with Crippen LogP contribution in [-0.4, -0.2) is 20.5 Å². The molecule has 2 rings (SSSR count). The molecule has 0 atom stereocenters. The molecule has 1 aromatic rings. The zero-order valence-corrected chi connectivity index (χ0v) is 10.7. The SMILES string of the molecule is N#Cc1ccc(S(=O)(=O)NC(=O)NC2CC2)c(N)c1. The highest BCUT2D eigenvalue weighted by atomic mass is 32.2. The van der Waals surface area contributed by atoms with Gasteiger partial charge in [0.1, 0.15) is 4.90 Å². The van der Waals surface area contributed by atoms with Gasteiger partial charge in [-0.2, -0.15) is 5.26 Å². The number of nitrogen functional groups attached to an aromatic ring is 1. The number of anilines is 1. The van der Waals surface area contributed by atoms with Crippen LogP contribution in [0.25, 0.3) is 0 Å². The maximum absolute atomic E-state index is 11.9. The van der Waals surface area contributed by atoms with Crippen LogP contribution in [0.1, 0.15) is 18.4 Å². The second-order valence-corrected chi connectivity index (χ2v) is 5.87. The van der Waals surface area contributed by atoms with E-state index in [0.717, 1.165) is 12.8 Å². The molecule has 100 valence electrons. The highest BCUT2D eigenvalue weighted by Gasteiger charge is 2.26. The summed E-state index contributed by atoms with van der Waals surface area (Å²) in [6.45, 7) is 0. The molecule has 0 aromatic heterocycles. The molecule has 0 bridgehead atoms. The van der Waals surface area contributed by atoms with Crippen LogP contribution in [0.5, 0.6) is 0 Å². The van der Waals surface area contributed by atoms with Gasteiger partial charge >= 0.3 is 6.03 Å². The number of benzene rings is 1. The molecule has 2 amide bonds. The predicted molar refractivity (Wildman–Crippen MR) is 67.4 cm³/mol. The molecule has 1 aromatic carbocycles. The molecular formula is C11H12N4O3S. The van der Waals surface area contributed by atoms with Gasteiger partial charge in [0, 0.05) is 6.04 Å². The van der Waals surface area contributed by atoms with E-state index >= 15 is 0 Å². The van der Waals surface area contributed by atoms with E-state index in [9.17, 15) is 13.2 Å². The van der Waals surface area contributed by atoms with Crippen molar-refractivity contribution in [3.05, 3.63) is 23.8 Å². The van der Waals surface area contributed by atoms with Crippen molar-refractivity contribution in [1.29, 1.82) is 5.26 Å². The molecule has 8 heteroatoms. The zero-order valence-electron chi connectivity index (χ0n) is 9.88. The van der Waals surface area contributed by atoms with Gasteiger partial charge in [0.2, 0.25) is 0 Å². The quantitative estimate of drug-likeness (QED) is 0.686. The van der Waals surface area contributed by atoms with Crippen LogP contribution in [0.15, 0.2) is 23.1 Å². The molecule has 0 heterocycles. The minimum Gasteiger partial charge on any atom is -0.398 e. The third-order valence-corrected chi connectivity index (χ3v) is 3.97. The van der Waals surface area contributed by atoms with Crippen LogP contribution in [0.3, 0.4) is 0 Å². The second kappa shape index (κ2) is 4.78. The summed E-state index contributed by atoms with van der Waals surface area (Å²) in [5.41, 5.74) is 5.74. The molecule has 1 aliphatic rings. The Morgan fingerprint density at radius 2 is 2.11 bits per heavy atom. The Hall–Kier alpha value is -2.27. The monoisotopic (exact) mass is 280 g/mol. The third kappa shape index (κ3) is 3.14. The first-order valence-electron chi connectivity index (χ1n) is 5.55. The van der Waals surface area contributed by atoms with Crippen LogP contribution in [-0.2, 0) is 10.0 Å². The van der Waals surface area contributed by atoms with E-state index in [1.165, 1.54) is 18.2 Å².